The van der Waals surface area contributed by atoms with E-state index >= 15 is 0 Å². The van der Waals surface area contributed by atoms with Crippen molar-refractivity contribution in [2.45, 2.75) is 19.7 Å². The van der Waals surface area contributed by atoms with Gasteiger partial charge in [-0.15, -0.1) is 0 Å². The van der Waals surface area contributed by atoms with E-state index in [1.54, 1.807) is 6.20 Å². The predicted molar refractivity (Wildman–Crippen MR) is 97.0 cm³/mol. The van der Waals surface area contributed by atoms with Gasteiger partial charge in [0.2, 0.25) is 0 Å². The lowest BCUT2D eigenvalue weighted by atomic mass is 10.2. The molecular formula is C20H19Cl2N2O-. The number of aromatic nitrogens is 1. The number of hydrogen-bond donors (Lipinski definition) is 1. The van der Waals surface area contributed by atoms with Crippen LogP contribution in [0.25, 0.3) is 0 Å². The molecule has 0 aliphatic carbocycles. The highest BCUT2D eigenvalue weighted by Gasteiger charge is 2.05. The Morgan fingerprint density at radius 3 is 2.48 bits per heavy atom. The van der Waals surface area contributed by atoms with E-state index in [4.69, 9.17) is 16.3 Å². The van der Waals surface area contributed by atoms with E-state index < -0.39 is 0 Å². The lowest BCUT2D eigenvalue weighted by Gasteiger charge is -2.13. The average molecular weight is 374 g/mol. The molecule has 0 unspecified atom stereocenters. The molecular weight excluding hydrogens is 355 g/mol. The summed E-state index contributed by atoms with van der Waals surface area (Å²) in [6.45, 7) is 1.97. The minimum atomic E-state index is 0. The Kier molecular flexibility index (Phi) is 7.74. The standard InChI is InChI=1S/C20H19ClN2O.ClH/c21-19-8-9-20(24-15-16-5-2-1-3-6-16)18(11-19)14-23-13-17-7-4-10-22-12-17;/h1-12,23H,13-15H2;1H/p-1. The maximum absolute atomic E-state index is 6.14. The fourth-order valence-corrected chi connectivity index (χ4v) is 2.60. The molecule has 25 heavy (non-hydrogen) atoms. The Bertz CT molecular complexity index is 767. The average Bonchev–Trinajstić information content (AvgIpc) is 2.63. The van der Waals surface area contributed by atoms with Gasteiger partial charge in [0.1, 0.15) is 12.4 Å². The molecule has 130 valence electrons. The van der Waals surface area contributed by atoms with Crippen LogP contribution in [0.2, 0.25) is 5.02 Å². The highest BCUT2D eigenvalue weighted by molar-refractivity contribution is 6.30. The zero-order valence-electron chi connectivity index (χ0n) is 13.7. The van der Waals surface area contributed by atoms with Crippen LogP contribution in [0.1, 0.15) is 16.7 Å². The molecule has 1 aromatic heterocycles. The summed E-state index contributed by atoms with van der Waals surface area (Å²) >= 11 is 6.14. The third-order valence-corrected chi connectivity index (χ3v) is 3.86. The number of pyridine rings is 1. The smallest absolute Gasteiger partial charge is 0.124 e. The minimum Gasteiger partial charge on any atom is -1.00 e. The van der Waals surface area contributed by atoms with Crippen LogP contribution in [0, 0.1) is 0 Å². The molecule has 0 saturated carbocycles. The minimum absolute atomic E-state index is 0. The van der Waals surface area contributed by atoms with E-state index in [2.05, 4.69) is 22.4 Å². The topological polar surface area (TPSA) is 34.1 Å². The maximum Gasteiger partial charge on any atom is 0.124 e. The first-order valence-electron chi connectivity index (χ1n) is 7.86. The third kappa shape index (κ3) is 6.05. The molecule has 0 aliphatic heterocycles. The fraction of sp³-hybridized carbons (Fsp3) is 0.150. The van der Waals surface area contributed by atoms with Crippen molar-refractivity contribution in [2.24, 2.45) is 0 Å². The molecule has 0 amide bonds. The summed E-state index contributed by atoms with van der Waals surface area (Å²) in [6, 6.07) is 19.8. The van der Waals surface area contributed by atoms with Crippen LogP contribution >= 0.6 is 11.6 Å². The molecule has 2 aromatic carbocycles. The van der Waals surface area contributed by atoms with Crippen LogP contribution < -0.4 is 22.5 Å². The highest BCUT2D eigenvalue weighted by atomic mass is 35.5. The number of rotatable bonds is 7. The first-order valence-corrected chi connectivity index (χ1v) is 8.24. The Morgan fingerprint density at radius 2 is 1.72 bits per heavy atom. The predicted octanol–water partition coefficient (Wildman–Crippen LogP) is 1.61. The zero-order chi connectivity index (χ0) is 16.6. The van der Waals surface area contributed by atoms with Crippen molar-refractivity contribution >= 4 is 11.6 Å². The number of nitrogens with zero attached hydrogens (tertiary/aromatic N) is 1. The molecule has 5 heteroatoms. The highest BCUT2D eigenvalue weighted by Crippen LogP contribution is 2.24. The molecule has 0 saturated heterocycles. The molecule has 0 atom stereocenters. The molecule has 1 heterocycles. The van der Waals surface area contributed by atoms with E-state index in [1.807, 2.05) is 54.7 Å². The number of benzene rings is 2. The monoisotopic (exact) mass is 373 g/mol. The Balaban J connectivity index is 0.00000225. The van der Waals surface area contributed by atoms with Gasteiger partial charge >= 0.3 is 0 Å². The molecule has 0 aliphatic rings. The van der Waals surface area contributed by atoms with Crippen LogP contribution in [0.3, 0.4) is 0 Å². The lowest BCUT2D eigenvalue weighted by Crippen LogP contribution is -3.00. The summed E-state index contributed by atoms with van der Waals surface area (Å²) in [4.78, 5) is 4.12. The summed E-state index contributed by atoms with van der Waals surface area (Å²) in [5.74, 6) is 0.849. The summed E-state index contributed by atoms with van der Waals surface area (Å²) in [5.41, 5.74) is 3.33. The fourth-order valence-electron chi connectivity index (χ4n) is 2.41. The van der Waals surface area contributed by atoms with E-state index in [0.29, 0.717) is 18.2 Å². The molecule has 0 radical (unpaired) electrons. The number of halogens is 2. The van der Waals surface area contributed by atoms with Gasteiger partial charge in [-0.05, 0) is 35.4 Å². The van der Waals surface area contributed by atoms with Gasteiger partial charge < -0.3 is 22.5 Å². The molecule has 0 bridgehead atoms. The normalized spacial score (nSPS) is 10.1. The van der Waals surface area contributed by atoms with Crippen LogP contribution in [0.15, 0.2) is 73.1 Å². The van der Waals surface area contributed by atoms with Crippen LogP contribution in [0.4, 0.5) is 0 Å². The molecule has 3 aromatic rings. The molecule has 1 N–H and O–H groups in total. The van der Waals surface area contributed by atoms with E-state index in [0.717, 1.165) is 29.0 Å². The van der Waals surface area contributed by atoms with Gasteiger partial charge in [0.15, 0.2) is 0 Å². The second-order valence-electron chi connectivity index (χ2n) is 5.49. The molecule has 3 nitrogen and oxygen atoms in total. The van der Waals surface area contributed by atoms with Crippen molar-refractivity contribution in [3.63, 3.8) is 0 Å². The number of ether oxygens (including phenoxy) is 1. The van der Waals surface area contributed by atoms with Crippen molar-refractivity contribution in [3.05, 3.63) is 94.8 Å². The second kappa shape index (κ2) is 10.0. The van der Waals surface area contributed by atoms with Crippen molar-refractivity contribution in [1.82, 2.24) is 10.3 Å². The summed E-state index contributed by atoms with van der Waals surface area (Å²) < 4.78 is 5.97. The molecule has 3 rings (SSSR count). The van der Waals surface area contributed by atoms with E-state index in [-0.39, 0.29) is 12.4 Å². The number of nitrogens with one attached hydrogen (secondary N) is 1. The van der Waals surface area contributed by atoms with Gasteiger partial charge in [-0.2, -0.15) is 0 Å². The first kappa shape index (κ1) is 19.3. The van der Waals surface area contributed by atoms with Crippen molar-refractivity contribution < 1.29 is 17.1 Å². The Hall–Kier alpha value is -2.07. The summed E-state index contributed by atoms with van der Waals surface area (Å²) in [7, 11) is 0. The van der Waals surface area contributed by atoms with E-state index in [9.17, 15) is 0 Å². The molecule has 0 spiro atoms. The van der Waals surface area contributed by atoms with Crippen LogP contribution in [-0.4, -0.2) is 4.98 Å². The van der Waals surface area contributed by atoms with Crippen molar-refractivity contribution in [2.75, 3.05) is 0 Å². The largest absolute Gasteiger partial charge is 1.00 e. The quantitative estimate of drug-likeness (QED) is 0.683. The number of hydrogen-bond acceptors (Lipinski definition) is 3. The van der Waals surface area contributed by atoms with Crippen molar-refractivity contribution in [1.29, 1.82) is 0 Å². The molecule has 0 fully saturated rings. The van der Waals surface area contributed by atoms with Gasteiger partial charge in [-0.1, -0.05) is 48.0 Å². The van der Waals surface area contributed by atoms with Gasteiger partial charge in [0.05, 0.1) is 0 Å². The van der Waals surface area contributed by atoms with Gasteiger partial charge in [-0.25, -0.2) is 0 Å². The van der Waals surface area contributed by atoms with E-state index in [1.165, 1.54) is 0 Å². The van der Waals surface area contributed by atoms with Gasteiger partial charge in [0, 0.05) is 36.1 Å². The summed E-state index contributed by atoms with van der Waals surface area (Å²) in [5, 5.41) is 4.11. The SMILES string of the molecule is Clc1ccc(OCc2ccccc2)c(CNCc2cccnc2)c1.[Cl-]. The third-order valence-electron chi connectivity index (χ3n) is 3.63. The zero-order valence-corrected chi connectivity index (χ0v) is 15.2. The Morgan fingerprint density at radius 1 is 0.920 bits per heavy atom. The van der Waals surface area contributed by atoms with Gasteiger partial charge in [0.25, 0.3) is 0 Å². The maximum atomic E-state index is 6.14. The van der Waals surface area contributed by atoms with Gasteiger partial charge in [-0.3, -0.25) is 4.98 Å². The Labute approximate surface area is 159 Å². The summed E-state index contributed by atoms with van der Waals surface area (Å²) in [6.07, 6.45) is 3.63. The van der Waals surface area contributed by atoms with Crippen LogP contribution in [0.5, 0.6) is 5.75 Å². The van der Waals surface area contributed by atoms with Crippen LogP contribution in [-0.2, 0) is 19.7 Å². The second-order valence-corrected chi connectivity index (χ2v) is 5.93. The van der Waals surface area contributed by atoms with Crippen molar-refractivity contribution in [3.8, 4) is 5.75 Å². The first-order chi connectivity index (χ1) is 11.8. The lowest BCUT2D eigenvalue weighted by molar-refractivity contribution is -0.00000513.